The molecule has 1 rings (SSSR count). The van der Waals surface area contributed by atoms with Crippen LogP contribution < -0.4 is 4.74 Å². The number of hydrogen-bond donors (Lipinski definition) is 0. The van der Waals surface area contributed by atoms with E-state index in [1.807, 2.05) is 12.1 Å². The molecule has 100 valence electrons. The summed E-state index contributed by atoms with van der Waals surface area (Å²) in [5.41, 5.74) is 1.22. The SMILES string of the molecule is CCCCC[C@H](CC(C)=O)c1cccc(OC)c1. The molecule has 0 aromatic heterocycles. The summed E-state index contributed by atoms with van der Waals surface area (Å²) >= 11 is 0. The highest BCUT2D eigenvalue weighted by molar-refractivity contribution is 5.76. The van der Waals surface area contributed by atoms with Crippen molar-refractivity contribution in [1.29, 1.82) is 0 Å². The van der Waals surface area contributed by atoms with Crippen LogP contribution in [0.25, 0.3) is 0 Å². The van der Waals surface area contributed by atoms with E-state index in [-0.39, 0.29) is 5.78 Å². The predicted octanol–water partition coefficient (Wildman–Crippen LogP) is 4.34. The van der Waals surface area contributed by atoms with Crippen LogP contribution in [0.5, 0.6) is 5.75 Å². The van der Waals surface area contributed by atoms with Crippen molar-refractivity contribution < 1.29 is 9.53 Å². The summed E-state index contributed by atoms with van der Waals surface area (Å²) in [6.45, 7) is 3.87. The van der Waals surface area contributed by atoms with Gasteiger partial charge >= 0.3 is 0 Å². The van der Waals surface area contributed by atoms with Crippen molar-refractivity contribution in [3.63, 3.8) is 0 Å². The molecule has 0 N–H and O–H groups in total. The molecule has 0 saturated heterocycles. The van der Waals surface area contributed by atoms with Crippen molar-refractivity contribution in [2.75, 3.05) is 7.11 Å². The molecule has 0 saturated carbocycles. The molecule has 0 bridgehead atoms. The summed E-state index contributed by atoms with van der Waals surface area (Å²) in [6.07, 6.45) is 5.35. The summed E-state index contributed by atoms with van der Waals surface area (Å²) in [4.78, 5) is 11.4. The second kappa shape index (κ2) is 7.91. The number of Topliss-reactive ketones (excluding diaryl/α,β-unsaturated/α-hetero) is 1. The Bertz CT molecular complexity index is 371. The molecule has 0 spiro atoms. The number of unbranched alkanes of at least 4 members (excludes halogenated alkanes) is 2. The van der Waals surface area contributed by atoms with Gasteiger partial charge in [0.15, 0.2) is 0 Å². The first-order valence-electron chi connectivity index (χ1n) is 6.80. The fourth-order valence-electron chi connectivity index (χ4n) is 2.27. The highest BCUT2D eigenvalue weighted by atomic mass is 16.5. The number of carbonyl (C=O) groups is 1. The van der Waals surface area contributed by atoms with Crippen LogP contribution in [-0.2, 0) is 4.79 Å². The van der Waals surface area contributed by atoms with Crippen LogP contribution in [0.3, 0.4) is 0 Å². The van der Waals surface area contributed by atoms with Gasteiger partial charge in [-0.25, -0.2) is 0 Å². The van der Waals surface area contributed by atoms with E-state index in [0.717, 1.165) is 12.2 Å². The van der Waals surface area contributed by atoms with Gasteiger partial charge in [0, 0.05) is 6.42 Å². The fourth-order valence-corrected chi connectivity index (χ4v) is 2.27. The molecule has 0 aliphatic carbocycles. The smallest absolute Gasteiger partial charge is 0.130 e. The van der Waals surface area contributed by atoms with Crippen LogP contribution in [0.1, 0.15) is 57.4 Å². The van der Waals surface area contributed by atoms with E-state index in [0.29, 0.717) is 12.3 Å². The molecular weight excluding hydrogens is 224 g/mol. The van der Waals surface area contributed by atoms with Crippen LogP contribution in [0.4, 0.5) is 0 Å². The maximum Gasteiger partial charge on any atom is 0.130 e. The van der Waals surface area contributed by atoms with E-state index in [9.17, 15) is 4.79 Å². The molecule has 0 aliphatic rings. The summed E-state index contributed by atoms with van der Waals surface area (Å²) in [5, 5.41) is 0. The average Bonchev–Trinajstić information content (AvgIpc) is 2.37. The molecule has 0 fully saturated rings. The van der Waals surface area contributed by atoms with Crippen LogP contribution >= 0.6 is 0 Å². The van der Waals surface area contributed by atoms with Gasteiger partial charge in [0.1, 0.15) is 11.5 Å². The Balaban J connectivity index is 2.75. The summed E-state index contributed by atoms with van der Waals surface area (Å²) < 4.78 is 5.25. The molecule has 0 amide bonds. The molecule has 2 nitrogen and oxygen atoms in total. The maximum atomic E-state index is 11.4. The Morgan fingerprint density at radius 1 is 1.33 bits per heavy atom. The Kier molecular flexibility index (Phi) is 6.48. The lowest BCUT2D eigenvalue weighted by molar-refractivity contribution is -0.117. The zero-order valence-electron chi connectivity index (χ0n) is 11.7. The van der Waals surface area contributed by atoms with Crippen molar-refractivity contribution in [2.45, 2.75) is 51.9 Å². The normalized spacial score (nSPS) is 12.2. The van der Waals surface area contributed by atoms with Crippen LogP contribution in [0, 0.1) is 0 Å². The minimum Gasteiger partial charge on any atom is -0.497 e. The molecule has 0 aliphatic heterocycles. The Morgan fingerprint density at radius 3 is 2.72 bits per heavy atom. The number of methoxy groups -OCH3 is 1. The van der Waals surface area contributed by atoms with Crippen LogP contribution in [0.2, 0.25) is 0 Å². The average molecular weight is 248 g/mol. The summed E-state index contributed by atoms with van der Waals surface area (Å²) in [7, 11) is 1.68. The lowest BCUT2D eigenvalue weighted by atomic mass is 9.89. The van der Waals surface area contributed by atoms with Crippen molar-refractivity contribution in [3.05, 3.63) is 29.8 Å². The molecule has 1 aromatic rings. The number of ketones is 1. The predicted molar refractivity (Wildman–Crippen MR) is 75.2 cm³/mol. The minimum atomic E-state index is 0.263. The van der Waals surface area contributed by atoms with E-state index in [4.69, 9.17) is 4.74 Å². The van der Waals surface area contributed by atoms with E-state index in [1.165, 1.54) is 24.8 Å². The number of ether oxygens (including phenoxy) is 1. The molecule has 0 radical (unpaired) electrons. The van der Waals surface area contributed by atoms with E-state index in [1.54, 1.807) is 14.0 Å². The van der Waals surface area contributed by atoms with Crippen LogP contribution in [-0.4, -0.2) is 12.9 Å². The second-order valence-corrected chi connectivity index (χ2v) is 4.88. The number of carbonyl (C=O) groups excluding carboxylic acids is 1. The highest BCUT2D eigenvalue weighted by Crippen LogP contribution is 2.28. The van der Waals surface area contributed by atoms with Crippen LogP contribution in [0.15, 0.2) is 24.3 Å². The van der Waals surface area contributed by atoms with Gasteiger partial charge in [-0.3, -0.25) is 0 Å². The van der Waals surface area contributed by atoms with Crippen molar-refractivity contribution in [2.24, 2.45) is 0 Å². The molecule has 0 heterocycles. The summed E-state index contributed by atoms with van der Waals surface area (Å²) in [5.74, 6) is 1.47. The molecule has 18 heavy (non-hydrogen) atoms. The zero-order valence-corrected chi connectivity index (χ0v) is 11.7. The Labute approximate surface area is 110 Å². The fraction of sp³-hybridized carbons (Fsp3) is 0.562. The van der Waals surface area contributed by atoms with Gasteiger partial charge in [0.2, 0.25) is 0 Å². The highest BCUT2D eigenvalue weighted by Gasteiger charge is 2.14. The number of benzene rings is 1. The number of rotatable bonds is 8. The van der Waals surface area contributed by atoms with E-state index < -0.39 is 0 Å². The topological polar surface area (TPSA) is 26.3 Å². The lowest BCUT2D eigenvalue weighted by Crippen LogP contribution is -2.05. The van der Waals surface area contributed by atoms with Gasteiger partial charge in [0.05, 0.1) is 7.11 Å². The van der Waals surface area contributed by atoms with Gasteiger partial charge in [-0.2, -0.15) is 0 Å². The first-order chi connectivity index (χ1) is 8.67. The lowest BCUT2D eigenvalue weighted by Gasteiger charge is -2.16. The van der Waals surface area contributed by atoms with Gasteiger partial charge in [-0.1, -0.05) is 38.3 Å². The zero-order chi connectivity index (χ0) is 13.4. The first-order valence-corrected chi connectivity index (χ1v) is 6.80. The molecule has 1 aromatic carbocycles. The third kappa shape index (κ3) is 4.91. The largest absolute Gasteiger partial charge is 0.497 e. The van der Waals surface area contributed by atoms with E-state index >= 15 is 0 Å². The van der Waals surface area contributed by atoms with Crippen molar-refractivity contribution in [3.8, 4) is 5.75 Å². The van der Waals surface area contributed by atoms with Gasteiger partial charge in [-0.15, -0.1) is 0 Å². The third-order valence-electron chi connectivity index (χ3n) is 3.26. The van der Waals surface area contributed by atoms with Gasteiger partial charge in [0.25, 0.3) is 0 Å². The molecule has 2 heteroatoms. The maximum absolute atomic E-state index is 11.4. The minimum absolute atomic E-state index is 0.263. The summed E-state index contributed by atoms with van der Waals surface area (Å²) in [6, 6.07) is 8.10. The Morgan fingerprint density at radius 2 is 2.11 bits per heavy atom. The van der Waals surface area contributed by atoms with Crippen molar-refractivity contribution >= 4 is 5.78 Å². The standard InChI is InChI=1S/C16H24O2/c1-4-5-6-8-14(11-13(2)17)15-9-7-10-16(12-15)18-3/h7,9-10,12,14H,4-6,8,11H2,1-3H3/t14-/m1/s1. The van der Waals surface area contributed by atoms with Gasteiger partial charge < -0.3 is 9.53 Å². The first kappa shape index (κ1) is 14.7. The van der Waals surface area contributed by atoms with Gasteiger partial charge in [-0.05, 0) is 37.0 Å². The van der Waals surface area contributed by atoms with Crippen molar-refractivity contribution in [1.82, 2.24) is 0 Å². The van der Waals surface area contributed by atoms with E-state index in [2.05, 4.69) is 19.1 Å². The Hall–Kier alpha value is -1.31. The second-order valence-electron chi connectivity index (χ2n) is 4.88. The monoisotopic (exact) mass is 248 g/mol. The number of hydrogen-bond acceptors (Lipinski definition) is 2. The molecular formula is C16H24O2. The molecule has 1 atom stereocenters. The quantitative estimate of drug-likeness (QED) is 0.640. The molecule has 0 unspecified atom stereocenters. The third-order valence-corrected chi connectivity index (χ3v) is 3.26.